The first-order valence-electron chi connectivity index (χ1n) is 9.52. The van der Waals surface area contributed by atoms with Crippen LogP contribution in [0, 0.1) is 5.82 Å². The second-order valence-electron chi connectivity index (χ2n) is 7.35. The van der Waals surface area contributed by atoms with Gasteiger partial charge in [-0.25, -0.2) is 12.8 Å². The summed E-state index contributed by atoms with van der Waals surface area (Å²) in [6.07, 6.45) is 2.72. The summed E-state index contributed by atoms with van der Waals surface area (Å²) in [5, 5.41) is 0.252. The van der Waals surface area contributed by atoms with E-state index in [9.17, 15) is 17.6 Å². The van der Waals surface area contributed by atoms with Crippen LogP contribution >= 0.6 is 11.6 Å². The molecular formula is C21H24ClFN2O3S. The van der Waals surface area contributed by atoms with Gasteiger partial charge in [-0.15, -0.1) is 0 Å². The van der Waals surface area contributed by atoms with Crippen LogP contribution in [0.4, 0.5) is 4.39 Å². The highest BCUT2D eigenvalue weighted by Crippen LogP contribution is 2.26. The fourth-order valence-electron chi connectivity index (χ4n) is 3.55. The number of piperidine rings is 1. The van der Waals surface area contributed by atoms with Gasteiger partial charge in [-0.2, -0.15) is 4.31 Å². The van der Waals surface area contributed by atoms with Crippen LogP contribution in [0.5, 0.6) is 0 Å². The minimum Gasteiger partial charge on any atom is -0.337 e. The highest BCUT2D eigenvalue weighted by molar-refractivity contribution is 7.89. The average molecular weight is 439 g/mol. The van der Waals surface area contributed by atoms with E-state index in [-0.39, 0.29) is 34.0 Å². The third kappa shape index (κ3) is 4.63. The molecule has 0 spiro atoms. The summed E-state index contributed by atoms with van der Waals surface area (Å²) in [6, 6.07) is 10.2. The molecule has 1 saturated heterocycles. The summed E-state index contributed by atoms with van der Waals surface area (Å²) in [5.74, 6) is -0.825. The zero-order chi connectivity index (χ0) is 21.2. The van der Waals surface area contributed by atoms with Gasteiger partial charge in [0.25, 0.3) is 5.91 Å². The quantitative estimate of drug-likeness (QED) is 0.698. The Kier molecular flexibility index (Phi) is 6.61. The molecule has 0 aromatic heterocycles. The Morgan fingerprint density at radius 2 is 1.90 bits per heavy atom. The van der Waals surface area contributed by atoms with Crippen LogP contribution in [-0.4, -0.2) is 43.2 Å². The molecule has 1 fully saturated rings. The Morgan fingerprint density at radius 3 is 2.52 bits per heavy atom. The Balaban J connectivity index is 1.76. The molecule has 0 saturated carbocycles. The topological polar surface area (TPSA) is 57.7 Å². The highest BCUT2D eigenvalue weighted by atomic mass is 35.5. The number of halogens is 2. The van der Waals surface area contributed by atoms with Crippen LogP contribution in [0.1, 0.15) is 42.1 Å². The molecule has 29 heavy (non-hydrogen) atoms. The second-order valence-corrected chi connectivity index (χ2v) is 9.64. The number of rotatable bonds is 5. The molecule has 3 rings (SSSR count). The van der Waals surface area contributed by atoms with Crippen LogP contribution in [0.25, 0.3) is 0 Å². The molecule has 0 aliphatic carbocycles. The highest BCUT2D eigenvalue weighted by Gasteiger charge is 2.31. The molecule has 1 amide bonds. The largest absolute Gasteiger partial charge is 0.337 e. The number of sulfonamides is 1. The van der Waals surface area contributed by atoms with Crippen LogP contribution < -0.4 is 0 Å². The first kappa shape index (κ1) is 21.7. The molecule has 156 valence electrons. The Hall–Kier alpha value is -1.96. The number of carbonyl (C=O) groups is 1. The lowest BCUT2D eigenvalue weighted by Gasteiger charge is -2.32. The van der Waals surface area contributed by atoms with Crippen molar-refractivity contribution in [1.29, 1.82) is 0 Å². The molecule has 0 radical (unpaired) electrons. The van der Waals surface area contributed by atoms with Gasteiger partial charge in [-0.1, -0.05) is 24.1 Å². The van der Waals surface area contributed by atoms with Gasteiger partial charge in [0, 0.05) is 42.3 Å². The normalized spacial score (nSPS) is 17.9. The van der Waals surface area contributed by atoms with Gasteiger partial charge >= 0.3 is 0 Å². The second kappa shape index (κ2) is 8.81. The number of nitrogens with zero attached hydrogens (tertiary/aromatic N) is 2. The number of hydrogen-bond acceptors (Lipinski definition) is 3. The maximum Gasteiger partial charge on any atom is 0.253 e. The van der Waals surface area contributed by atoms with E-state index in [0.717, 1.165) is 19.3 Å². The van der Waals surface area contributed by atoms with E-state index >= 15 is 0 Å². The predicted molar refractivity (Wildman–Crippen MR) is 111 cm³/mol. The van der Waals surface area contributed by atoms with Gasteiger partial charge in [0.05, 0.1) is 4.90 Å². The van der Waals surface area contributed by atoms with Crippen LogP contribution in [0.15, 0.2) is 47.4 Å². The van der Waals surface area contributed by atoms with E-state index < -0.39 is 15.8 Å². The predicted octanol–water partition coefficient (Wildman–Crippen LogP) is 4.31. The monoisotopic (exact) mass is 438 g/mol. The van der Waals surface area contributed by atoms with Crippen molar-refractivity contribution in [1.82, 2.24) is 9.21 Å². The summed E-state index contributed by atoms with van der Waals surface area (Å²) in [7, 11) is -2.05. The van der Waals surface area contributed by atoms with Gasteiger partial charge < -0.3 is 4.90 Å². The minimum atomic E-state index is -3.59. The van der Waals surface area contributed by atoms with Gasteiger partial charge in [-0.3, -0.25) is 4.79 Å². The fourth-order valence-corrected chi connectivity index (χ4v) is 5.47. The summed E-state index contributed by atoms with van der Waals surface area (Å²) in [5.41, 5.74) is 0.564. The van der Waals surface area contributed by atoms with Gasteiger partial charge in [0.1, 0.15) is 5.82 Å². The Bertz CT molecular complexity index is 975. The molecule has 1 aliphatic rings. The van der Waals surface area contributed by atoms with E-state index in [1.165, 1.54) is 45.6 Å². The van der Waals surface area contributed by atoms with E-state index in [4.69, 9.17) is 11.6 Å². The molecule has 5 nitrogen and oxygen atoms in total. The van der Waals surface area contributed by atoms with Crippen molar-refractivity contribution in [3.63, 3.8) is 0 Å². The Labute approximate surface area is 176 Å². The summed E-state index contributed by atoms with van der Waals surface area (Å²) >= 11 is 6.03. The SMILES string of the molecule is C[C@@H]1CCCCN1S(=O)(=O)c1ccc(C(=O)N(C)Cc2c(F)cccc2Cl)cc1. The molecule has 2 aromatic carbocycles. The zero-order valence-corrected chi connectivity index (χ0v) is 18.0. The van der Waals surface area contributed by atoms with Crippen molar-refractivity contribution >= 4 is 27.5 Å². The molecule has 2 aromatic rings. The Morgan fingerprint density at radius 1 is 1.21 bits per heavy atom. The van der Waals surface area contributed by atoms with Crippen molar-refractivity contribution in [3.8, 4) is 0 Å². The molecule has 0 N–H and O–H groups in total. The van der Waals surface area contributed by atoms with Crippen LogP contribution in [-0.2, 0) is 16.6 Å². The van der Waals surface area contributed by atoms with Crippen molar-refractivity contribution < 1.29 is 17.6 Å². The average Bonchev–Trinajstić information content (AvgIpc) is 2.70. The molecule has 0 bridgehead atoms. The molecular weight excluding hydrogens is 415 g/mol. The van der Waals surface area contributed by atoms with Gasteiger partial charge in [0.2, 0.25) is 10.0 Å². The lowest BCUT2D eigenvalue weighted by atomic mass is 10.1. The van der Waals surface area contributed by atoms with E-state index in [2.05, 4.69) is 0 Å². The van der Waals surface area contributed by atoms with E-state index in [1.54, 1.807) is 13.1 Å². The molecule has 1 aliphatic heterocycles. The third-order valence-electron chi connectivity index (χ3n) is 5.25. The molecule has 0 unspecified atom stereocenters. The number of carbonyl (C=O) groups excluding carboxylic acids is 1. The van der Waals surface area contributed by atoms with Gasteiger partial charge in [-0.05, 0) is 56.2 Å². The smallest absolute Gasteiger partial charge is 0.253 e. The molecule has 1 heterocycles. The zero-order valence-electron chi connectivity index (χ0n) is 16.4. The van der Waals surface area contributed by atoms with Crippen molar-refractivity contribution in [2.24, 2.45) is 0 Å². The third-order valence-corrected chi connectivity index (χ3v) is 7.64. The lowest BCUT2D eigenvalue weighted by Crippen LogP contribution is -2.41. The lowest BCUT2D eigenvalue weighted by molar-refractivity contribution is 0.0784. The maximum absolute atomic E-state index is 14.0. The first-order valence-corrected chi connectivity index (χ1v) is 11.3. The van der Waals surface area contributed by atoms with Crippen molar-refractivity contribution in [2.45, 2.75) is 43.7 Å². The fraction of sp³-hybridized carbons (Fsp3) is 0.381. The number of amides is 1. The van der Waals surface area contributed by atoms with Crippen molar-refractivity contribution in [3.05, 3.63) is 64.4 Å². The van der Waals surface area contributed by atoms with E-state index in [1.807, 2.05) is 6.92 Å². The first-order chi connectivity index (χ1) is 13.7. The van der Waals surface area contributed by atoms with Crippen LogP contribution in [0.3, 0.4) is 0 Å². The summed E-state index contributed by atoms with van der Waals surface area (Å²) in [4.78, 5) is 14.2. The van der Waals surface area contributed by atoms with E-state index in [0.29, 0.717) is 12.1 Å². The number of hydrogen-bond donors (Lipinski definition) is 0. The van der Waals surface area contributed by atoms with Gasteiger partial charge in [0.15, 0.2) is 0 Å². The molecule has 1 atom stereocenters. The summed E-state index contributed by atoms with van der Waals surface area (Å²) in [6.45, 7) is 2.43. The maximum atomic E-state index is 14.0. The van der Waals surface area contributed by atoms with Crippen LogP contribution in [0.2, 0.25) is 5.02 Å². The van der Waals surface area contributed by atoms with Crippen molar-refractivity contribution in [2.75, 3.05) is 13.6 Å². The molecule has 8 heteroatoms. The minimum absolute atomic E-state index is 0.00961. The standard InChI is InChI=1S/C21H24ClFN2O3S/c1-15-6-3-4-13-25(15)29(27,28)17-11-9-16(10-12-17)21(26)24(2)14-18-19(22)7-5-8-20(18)23/h5,7-12,15H,3-4,6,13-14H2,1-2H3/t15-/m1/s1. The summed E-state index contributed by atoms with van der Waals surface area (Å²) < 4.78 is 41.3. The number of benzene rings is 2.